The van der Waals surface area contributed by atoms with E-state index in [0.717, 1.165) is 0 Å². The van der Waals surface area contributed by atoms with Gasteiger partial charge in [-0.25, -0.2) is 11.8 Å². The third-order valence-electron chi connectivity index (χ3n) is 1.55. The molecule has 12 heavy (non-hydrogen) atoms. The molecule has 61 valence electrons. The molecule has 0 aliphatic heterocycles. The zero-order chi connectivity index (χ0) is 8.32. The van der Waals surface area contributed by atoms with E-state index in [4.69, 9.17) is 6.72 Å². The number of hydrogen-bond acceptors (Lipinski definition) is 1. The van der Waals surface area contributed by atoms with Crippen LogP contribution in [0.25, 0.3) is 0 Å². The number of allylic oxidation sites excluding steroid dienone is 5. The second-order valence-electron chi connectivity index (χ2n) is 3.15. The molecule has 1 aliphatic carbocycles. The molecule has 0 spiro atoms. The summed E-state index contributed by atoms with van der Waals surface area (Å²) in [7, 11) is 0. The molecule has 0 fully saturated rings. The molecule has 0 aromatic carbocycles. The molecule has 0 unspecified atom stereocenters. The van der Waals surface area contributed by atoms with E-state index < -0.39 is 0 Å². The van der Waals surface area contributed by atoms with Crippen LogP contribution in [-0.2, 0) is 18.6 Å². The van der Waals surface area contributed by atoms with E-state index in [-0.39, 0.29) is 24.0 Å². The van der Waals surface area contributed by atoms with Crippen molar-refractivity contribution in [3.63, 3.8) is 0 Å². The molecule has 0 aromatic rings. The van der Waals surface area contributed by atoms with Gasteiger partial charge in [-0.3, -0.25) is 6.08 Å². The van der Waals surface area contributed by atoms with E-state index in [0.29, 0.717) is 5.70 Å². The normalized spacial score (nSPS) is 19.0. The molecular formula is C10H11NV. The molecule has 0 aromatic heterocycles. The Morgan fingerprint density at radius 3 is 2.67 bits per heavy atom. The minimum atomic E-state index is 0. The molecule has 1 rings (SSSR count). The van der Waals surface area contributed by atoms with Gasteiger partial charge in [-0.2, -0.15) is 24.9 Å². The van der Waals surface area contributed by atoms with Gasteiger partial charge in [0.05, 0.1) is 0 Å². The zero-order valence-corrected chi connectivity index (χ0v) is 8.68. The fourth-order valence-corrected chi connectivity index (χ4v) is 0.820. The van der Waals surface area contributed by atoms with E-state index >= 15 is 0 Å². The second-order valence-corrected chi connectivity index (χ2v) is 3.15. The first kappa shape index (κ1) is 11.5. The van der Waals surface area contributed by atoms with Crippen molar-refractivity contribution in [1.82, 2.24) is 0 Å². The monoisotopic (exact) mass is 196 g/mol. The summed E-state index contributed by atoms with van der Waals surface area (Å²) in [5.41, 5.74) is 0.770. The van der Waals surface area contributed by atoms with Crippen LogP contribution < -0.4 is 0 Å². The van der Waals surface area contributed by atoms with Gasteiger partial charge >= 0.3 is 18.6 Å². The number of hydrogen-bond donors (Lipinski definition) is 0. The Morgan fingerprint density at radius 2 is 2.08 bits per heavy atom. The van der Waals surface area contributed by atoms with E-state index in [1.54, 1.807) is 0 Å². The van der Waals surface area contributed by atoms with Gasteiger partial charge in [-0.05, 0) is 0 Å². The summed E-state index contributed by atoms with van der Waals surface area (Å²) in [6, 6.07) is 0. The minimum absolute atomic E-state index is 0. The summed E-state index contributed by atoms with van der Waals surface area (Å²) >= 11 is 0. The SMILES string of the molecule is [CH-]=NC1=[C-]C=CC(C)(C)C=C1.[V+2]. The van der Waals surface area contributed by atoms with Crippen LogP contribution in [0, 0.1) is 11.5 Å². The van der Waals surface area contributed by atoms with Gasteiger partial charge in [0.15, 0.2) is 0 Å². The van der Waals surface area contributed by atoms with Crippen molar-refractivity contribution in [1.29, 1.82) is 0 Å². The maximum absolute atomic E-state index is 5.10. The Hall–Kier alpha value is -0.526. The maximum atomic E-state index is 5.10. The van der Waals surface area contributed by atoms with Crippen LogP contribution >= 0.6 is 0 Å². The van der Waals surface area contributed by atoms with Gasteiger partial charge in [0.2, 0.25) is 0 Å². The second kappa shape index (κ2) is 4.49. The number of aliphatic imine (C=N–C) groups is 1. The Kier molecular flexibility index (Phi) is 4.29. The molecule has 0 atom stereocenters. The number of rotatable bonds is 1. The standard InChI is InChI=1S/C10H11N.V/c1-10(2)7-4-5-9(11-3)6-8-10;/h3-4,6-8H,1-2H3;/q-2;+2. The van der Waals surface area contributed by atoms with Crippen molar-refractivity contribution in [2.75, 3.05) is 0 Å². The molecule has 1 radical (unpaired) electrons. The Bertz CT molecular complexity index is 247. The molecule has 0 bridgehead atoms. The van der Waals surface area contributed by atoms with Gasteiger partial charge in [0, 0.05) is 0 Å². The first-order chi connectivity index (χ1) is 5.14. The van der Waals surface area contributed by atoms with E-state index in [2.05, 4.69) is 37.1 Å². The van der Waals surface area contributed by atoms with Gasteiger partial charge in [-0.1, -0.05) is 19.3 Å². The average molecular weight is 196 g/mol. The summed E-state index contributed by atoms with van der Waals surface area (Å²) in [6.45, 7) is 9.33. The van der Waals surface area contributed by atoms with Crippen LogP contribution in [0.15, 0.2) is 35.0 Å². The summed E-state index contributed by atoms with van der Waals surface area (Å²) in [6.07, 6.45) is 10.8. The first-order valence-corrected chi connectivity index (χ1v) is 3.55. The molecule has 0 amide bonds. The van der Waals surface area contributed by atoms with Crippen molar-refractivity contribution in [2.24, 2.45) is 10.4 Å². The first-order valence-electron chi connectivity index (χ1n) is 3.55. The maximum Gasteiger partial charge on any atom is 2.00 e. The average Bonchev–Trinajstić information content (AvgIpc) is 2.10. The molecule has 0 saturated carbocycles. The largest absolute Gasteiger partial charge is 2.00 e. The Balaban J connectivity index is 0.00000121. The van der Waals surface area contributed by atoms with E-state index in [1.165, 1.54) is 0 Å². The van der Waals surface area contributed by atoms with Gasteiger partial charge in [-0.15, -0.1) is 0 Å². The predicted octanol–water partition coefficient (Wildman–Crippen LogP) is 2.40. The molecule has 1 aliphatic rings. The van der Waals surface area contributed by atoms with Crippen LogP contribution in [0.3, 0.4) is 0 Å². The van der Waals surface area contributed by atoms with Gasteiger partial charge in [0.25, 0.3) is 0 Å². The molecule has 0 N–H and O–H groups in total. The molecular weight excluding hydrogens is 185 g/mol. The van der Waals surface area contributed by atoms with Crippen LogP contribution in [0.2, 0.25) is 0 Å². The Labute approximate surface area is 85.9 Å². The van der Waals surface area contributed by atoms with Crippen molar-refractivity contribution < 1.29 is 18.6 Å². The predicted molar refractivity (Wildman–Crippen MR) is 47.3 cm³/mol. The fourth-order valence-electron chi connectivity index (χ4n) is 0.820. The van der Waals surface area contributed by atoms with Crippen molar-refractivity contribution in [3.05, 3.63) is 36.1 Å². The minimum Gasteiger partial charge on any atom is -0.485 e. The number of nitrogens with zero attached hydrogens (tertiary/aromatic N) is 1. The van der Waals surface area contributed by atoms with Crippen LogP contribution in [0.4, 0.5) is 0 Å². The zero-order valence-electron chi connectivity index (χ0n) is 7.28. The Morgan fingerprint density at radius 1 is 1.42 bits per heavy atom. The van der Waals surface area contributed by atoms with Crippen LogP contribution in [0.5, 0.6) is 0 Å². The molecule has 2 heteroatoms. The van der Waals surface area contributed by atoms with Crippen molar-refractivity contribution in [2.45, 2.75) is 13.8 Å². The third kappa shape index (κ3) is 3.25. The summed E-state index contributed by atoms with van der Waals surface area (Å²) in [5, 5.41) is 0. The smallest absolute Gasteiger partial charge is 0.485 e. The van der Waals surface area contributed by atoms with Crippen molar-refractivity contribution >= 4 is 6.72 Å². The van der Waals surface area contributed by atoms with Crippen molar-refractivity contribution in [3.8, 4) is 0 Å². The summed E-state index contributed by atoms with van der Waals surface area (Å²) in [4.78, 5) is 3.54. The van der Waals surface area contributed by atoms with E-state index in [1.807, 2.05) is 12.2 Å². The van der Waals surface area contributed by atoms with Crippen LogP contribution in [-0.4, -0.2) is 6.72 Å². The quantitative estimate of drug-likeness (QED) is 0.451. The topological polar surface area (TPSA) is 12.4 Å². The molecule has 0 heterocycles. The van der Waals surface area contributed by atoms with Gasteiger partial charge < -0.3 is 4.99 Å². The molecule has 1 nitrogen and oxygen atoms in total. The molecule has 0 saturated heterocycles. The third-order valence-corrected chi connectivity index (χ3v) is 1.55. The fraction of sp³-hybridized carbons (Fsp3) is 0.300. The summed E-state index contributed by atoms with van der Waals surface area (Å²) < 4.78 is 0. The van der Waals surface area contributed by atoms with Gasteiger partial charge in [0.1, 0.15) is 0 Å². The van der Waals surface area contributed by atoms with E-state index in [9.17, 15) is 0 Å². The summed E-state index contributed by atoms with van der Waals surface area (Å²) in [5.74, 6) is 0. The van der Waals surface area contributed by atoms with Crippen LogP contribution in [0.1, 0.15) is 13.8 Å².